The fourth-order valence-corrected chi connectivity index (χ4v) is 12.8. The second-order valence-corrected chi connectivity index (χ2v) is 17.3. The number of allylic oxidation sites excluding steroid dienone is 1. The van der Waals surface area contributed by atoms with Crippen LogP contribution in [0.5, 0.6) is 0 Å². The molecular formula is C39H55ClO3. The molecular weight excluding hydrogens is 552 g/mol. The molecule has 3 nitrogen and oxygen atoms in total. The Bertz CT molecular complexity index is 1300. The van der Waals surface area contributed by atoms with Gasteiger partial charge in [-0.15, -0.1) is 0 Å². The van der Waals surface area contributed by atoms with Crippen LogP contribution in [0, 0.1) is 56.7 Å². The number of ether oxygens (including phenoxy) is 1. The van der Waals surface area contributed by atoms with E-state index in [9.17, 15) is 9.90 Å². The van der Waals surface area contributed by atoms with E-state index in [-0.39, 0.29) is 39.1 Å². The van der Waals surface area contributed by atoms with Crippen LogP contribution in [0.15, 0.2) is 42.5 Å². The Hall–Kier alpha value is -1.58. The third-order valence-electron chi connectivity index (χ3n) is 15.0. The minimum absolute atomic E-state index is 0.0194. The SMILES string of the molecule is C=C(C)[C@@H]1CC[C@]2(COC(=O)/C=C/c3ccccc3Cl)CC[C@]3(C)[C@H](CC[C@@H]4[C@@]5(C)CC[C@H](O)C(C)(C)[C@@H]5CC[C@]43C)[C@@H]12. The minimum Gasteiger partial charge on any atom is -0.462 e. The van der Waals surface area contributed by atoms with E-state index in [1.165, 1.54) is 37.7 Å². The van der Waals surface area contributed by atoms with Crippen LogP contribution < -0.4 is 0 Å². The van der Waals surface area contributed by atoms with Gasteiger partial charge in [0.25, 0.3) is 0 Å². The highest BCUT2D eigenvalue weighted by Crippen LogP contribution is 2.77. The summed E-state index contributed by atoms with van der Waals surface area (Å²) in [5.74, 6) is 2.62. The van der Waals surface area contributed by atoms with Gasteiger partial charge < -0.3 is 9.84 Å². The maximum atomic E-state index is 13.0. The van der Waals surface area contributed by atoms with Crippen molar-refractivity contribution in [3.8, 4) is 0 Å². The number of esters is 1. The number of carbonyl (C=O) groups excluding carboxylic acids is 1. The first kappa shape index (κ1) is 31.4. The van der Waals surface area contributed by atoms with Gasteiger partial charge in [0.2, 0.25) is 0 Å². The standard InChI is InChI=1S/C39H55ClO3/c1-25(2)27-16-21-39(24-43-33(42)15-12-26-10-8-9-11-29(26)40)23-22-37(6)28(34(27)39)13-14-31-36(5)19-18-32(41)35(3,4)30(36)17-20-38(31,37)7/h8-12,15,27-28,30-32,34,41H,1,13-14,16-24H2,2-7H3/b15-12+/t27-,28+,30-,31+,32-,34+,36-,37+,38+,39+/m0/s1. The molecule has 1 aromatic carbocycles. The molecule has 5 saturated carbocycles. The van der Waals surface area contributed by atoms with Gasteiger partial charge in [-0.25, -0.2) is 4.79 Å². The van der Waals surface area contributed by atoms with Crippen LogP contribution in [0.3, 0.4) is 0 Å². The smallest absolute Gasteiger partial charge is 0.330 e. The lowest BCUT2D eigenvalue weighted by Crippen LogP contribution is -2.66. The Morgan fingerprint density at radius 2 is 1.70 bits per heavy atom. The number of aliphatic hydroxyl groups excluding tert-OH is 1. The molecule has 5 aliphatic rings. The first-order valence-corrected chi connectivity index (χ1v) is 17.5. The monoisotopic (exact) mass is 606 g/mol. The lowest BCUT2D eigenvalue weighted by molar-refractivity contribution is -0.249. The zero-order valence-corrected chi connectivity index (χ0v) is 28.3. The molecule has 0 heterocycles. The normalized spacial score (nSPS) is 45.0. The number of rotatable bonds is 5. The summed E-state index contributed by atoms with van der Waals surface area (Å²) < 4.78 is 6.12. The van der Waals surface area contributed by atoms with Crippen molar-refractivity contribution in [3.63, 3.8) is 0 Å². The van der Waals surface area contributed by atoms with Crippen molar-refractivity contribution in [3.05, 3.63) is 53.1 Å². The van der Waals surface area contributed by atoms with Crippen LogP contribution in [-0.4, -0.2) is 23.8 Å². The average Bonchev–Trinajstić information content (AvgIpc) is 3.34. The number of aliphatic hydroxyl groups is 1. The average molecular weight is 607 g/mol. The summed E-state index contributed by atoms with van der Waals surface area (Å²) in [4.78, 5) is 13.0. The molecule has 10 atom stereocenters. The Kier molecular flexibility index (Phi) is 7.85. The third-order valence-corrected chi connectivity index (χ3v) is 15.4. The fraction of sp³-hybridized carbons (Fsp3) is 0.718. The van der Waals surface area contributed by atoms with E-state index in [0.717, 1.165) is 37.7 Å². The van der Waals surface area contributed by atoms with Crippen LogP contribution in [0.4, 0.5) is 0 Å². The number of hydrogen-bond acceptors (Lipinski definition) is 3. The first-order chi connectivity index (χ1) is 20.2. The molecule has 1 aromatic rings. The zero-order valence-electron chi connectivity index (χ0n) is 27.6. The summed E-state index contributed by atoms with van der Waals surface area (Å²) in [6, 6.07) is 7.58. The predicted octanol–water partition coefficient (Wildman–Crippen LogP) is 9.91. The van der Waals surface area contributed by atoms with Gasteiger partial charge in [0, 0.05) is 16.5 Å². The Morgan fingerprint density at radius 3 is 2.42 bits per heavy atom. The van der Waals surface area contributed by atoms with E-state index in [2.05, 4.69) is 48.1 Å². The molecule has 0 saturated heterocycles. The summed E-state index contributed by atoms with van der Waals surface area (Å²) in [5, 5.41) is 11.7. The molecule has 5 aliphatic carbocycles. The third kappa shape index (κ3) is 4.64. The second-order valence-electron chi connectivity index (χ2n) is 16.9. The first-order valence-electron chi connectivity index (χ1n) is 17.1. The van der Waals surface area contributed by atoms with E-state index in [1.54, 1.807) is 12.2 Å². The highest BCUT2D eigenvalue weighted by Gasteiger charge is 2.71. The van der Waals surface area contributed by atoms with Gasteiger partial charge >= 0.3 is 5.97 Å². The van der Waals surface area contributed by atoms with Crippen LogP contribution in [0.1, 0.15) is 111 Å². The Morgan fingerprint density at radius 1 is 0.953 bits per heavy atom. The molecule has 0 spiro atoms. The van der Waals surface area contributed by atoms with Gasteiger partial charge in [-0.3, -0.25) is 0 Å². The van der Waals surface area contributed by atoms with Gasteiger partial charge in [0.1, 0.15) is 0 Å². The van der Waals surface area contributed by atoms with Crippen LogP contribution >= 0.6 is 11.6 Å². The molecule has 4 heteroatoms. The van der Waals surface area contributed by atoms with Crippen molar-refractivity contribution in [2.24, 2.45) is 56.7 Å². The van der Waals surface area contributed by atoms with Gasteiger partial charge in [-0.1, -0.05) is 76.6 Å². The number of benzene rings is 1. The number of halogens is 1. The van der Waals surface area contributed by atoms with E-state index in [4.69, 9.17) is 16.3 Å². The van der Waals surface area contributed by atoms with Crippen molar-refractivity contribution in [2.75, 3.05) is 6.61 Å². The van der Waals surface area contributed by atoms with Gasteiger partial charge in [0.15, 0.2) is 0 Å². The number of hydrogen-bond donors (Lipinski definition) is 1. The number of carbonyl (C=O) groups is 1. The van der Waals surface area contributed by atoms with E-state index >= 15 is 0 Å². The fourth-order valence-electron chi connectivity index (χ4n) is 12.6. The largest absolute Gasteiger partial charge is 0.462 e. The predicted molar refractivity (Wildman–Crippen MR) is 176 cm³/mol. The highest BCUT2D eigenvalue weighted by molar-refractivity contribution is 6.32. The van der Waals surface area contributed by atoms with Crippen LogP contribution in [-0.2, 0) is 9.53 Å². The summed E-state index contributed by atoms with van der Waals surface area (Å²) in [7, 11) is 0. The zero-order chi connectivity index (χ0) is 31.0. The lowest BCUT2D eigenvalue weighted by Gasteiger charge is -2.73. The molecule has 43 heavy (non-hydrogen) atoms. The highest BCUT2D eigenvalue weighted by atomic mass is 35.5. The molecule has 0 amide bonds. The summed E-state index contributed by atoms with van der Waals surface area (Å²) in [5.41, 5.74) is 2.97. The van der Waals surface area contributed by atoms with Crippen molar-refractivity contribution >= 4 is 23.6 Å². The Balaban J connectivity index is 1.27. The van der Waals surface area contributed by atoms with Gasteiger partial charge in [0.05, 0.1) is 12.7 Å². The summed E-state index contributed by atoms with van der Waals surface area (Å²) in [6.45, 7) is 19.9. The molecule has 0 radical (unpaired) electrons. The maximum absolute atomic E-state index is 13.0. The topological polar surface area (TPSA) is 46.5 Å². The van der Waals surface area contributed by atoms with Crippen LogP contribution in [0.2, 0.25) is 5.02 Å². The van der Waals surface area contributed by atoms with Crippen LogP contribution in [0.25, 0.3) is 6.08 Å². The van der Waals surface area contributed by atoms with Crippen molar-refractivity contribution < 1.29 is 14.6 Å². The Labute approximate surface area is 265 Å². The second kappa shape index (κ2) is 10.8. The maximum Gasteiger partial charge on any atom is 0.330 e. The summed E-state index contributed by atoms with van der Waals surface area (Å²) >= 11 is 6.31. The molecule has 5 fully saturated rings. The van der Waals surface area contributed by atoms with Crippen molar-refractivity contribution in [1.82, 2.24) is 0 Å². The number of fused-ring (bicyclic) bond motifs is 7. The molecule has 236 valence electrons. The quantitative estimate of drug-likeness (QED) is 0.206. The van der Waals surface area contributed by atoms with E-state index in [0.29, 0.717) is 41.2 Å². The molecule has 6 rings (SSSR count). The summed E-state index contributed by atoms with van der Waals surface area (Å²) in [6.07, 6.45) is 14.9. The molecule has 0 aromatic heterocycles. The molecule has 0 bridgehead atoms. The van der Waals surface area contributed by atoms with Crippen molar-refractivity contribution in [2.45, 2.75) is 112 Å². The van der Waals surface area contributed by atoms with Gasteiger partial charge in [-0.05, 0) is 140 Å². The minimum atomic E-state index is -0.274. The van der Waals surface area contributed by atoms with E-state index < -0.39 is 0 Å². The van der Waals surface area contributed by atoms with Crippen molar-refractivity contribution in [1.29, 1.82) is 0 Å². The van der Waals surface area contributed by atoms with E-state index in [1.807, 2.05) is 24.3 Å². The molecule has 1 N–H and O–H groups in total. The molecule has 0 unspecified atom stereocenters. The lowest BCUT2D eigenvalue weighted by atomic mass is 9.32. The molecule has 0 aliphatic heterocycles. The van der Waals surface area contributed by atoms with Gasteiger partial charge in [-0.2, -0.15) is 0 Å².